The first-order chi connectivity index (χ1) is 9.15. The Morgan fingerprint density at radius 1 is 1.21 bits per heavy atom. The molecule has 1 aromatic heterocycles. The molecule has 2 rings (SSSR count). The monoisotopic (exact) mass is 272 g/mol. The van der Waals surface area contributed by atoms with E-state index in [0.29, 0.717) is 19.4 Å². The van der Waals surface area contributed by atoms with Gasteiger partial charge in [0.05, 0.1) is 43.1 Å². The lowest BCUT2D eigenvalue weighted by atomic mass is 10.1. The van der Waals surface area contributed by atoms with Crippen LogP contribution in [0, 0.1) is 0 Å². The summed E-state index contributed by atoms with van der Waals surface area (Å²) < 4.78 is 1.58. The Hall–Kier alpha value is -1.06. The van der Waals surface area contributed by atoms with Crippen LogP contribution in [0.1, 0.15) is 12.1 Å². The summed E-state index contributed by atoms with van der Waals surface area (Å²) in [5.41, 5.74) is 0.779. The normalized spacial score (nSPS) is 30.9. The van der Waals surface area contributed by atoms with E-state index in [1.165, 1.54) is 0 Å². The Kier molecular flexibility index (Phi) is 4.83. The summed E-state index contributed by atoms with van der Waals surface area (Å²) >= 11 is 0. The SMILES string of the molecule is OCCCc1cn(C[C@H]2N[C@H](CO)[C@@H](O)[C@@H]2O)nn1. The van der Waals surface area contributed by atoms with Crippen LogP contribution in [0.25, 0.3) is 0 Å². The largest absolute Gasteiger partial charge is 0.396 e. The van der Waals surface area contributed by atoms with Crippen molar-refractivity contribution < 1.29 is 20.4 Å². The number of aryl methyl sites for hydroxylation is 1. The summed E-state index contributed by atoms with van der Waals surface area (Å²) in [6.45, 7) is 0.245. The van der Waals surface area contributed by atoms with Crippen LogP contribution in [0.3, 0.4) is 0 Å². The van der Waals surface area contributed by atoms with E-state index >= 15 is 0 Å². The van der Waals surface area contributed by atoms with Gasteiger partial charge in [-0.05, 0) is 12.8 Å². The highest BCUT2D eigenvalue weighted by atomic mass is 16.3. The predicted molar refractivity (Wildman–Crippen MR) is 65.2 cm³/mol. The molecule has 2 heterocycles. The van der Waals surface area contributed by atoms with Crippen molar-refractivity contribution in [2.24, 2.45) is 0 Å². The van der Waals surface area contributed by atoms with Gasteiger partial charge >= 0.3 is 0 Å². The first-order valence-corrected chi connectivity index (χ1v) is 6.38. The van der Waals surface area contributed by atoms with Crippen molar-refractivity contribution in [3.63, 3.8) is 0 Å². The van der Waals surface area contributed by atoms with Crippen molar-refractivity contribution in [1.82, 2.24) is 20.3 Å². The number of aliphatic hydroxyl groups is 4. The van der Waals surface area contributed by atoms with Gasteiger partial charge in [0, 0.05) is 12.8 Å². The molecule has 0 bridgehead atoms. The van der Waals surface area contributed by atoms with E-state index in [4.69, 9.17) is 10.2 Å². The lowest BCUT2D eigenvalue weighted by Gasteiger charge is -2.15. The van der Waals surface area contributed by atoms with Crippen LogP contribution in [-0.4, -0.2) is 72.9 Å². The van der Waals surface area contributed by atoms with Gasteiger partial charge in [-0.3, -0.25) is 4.68 Å². The van der Waals surface area contributed by atoms with Gasteiger partial charge in [0.1, 0.15) is 0 Å². The highest BCUT2D eigenvalue weighted by molar-refractivity contribution is 4.99. The molecule has 1 aliphatic rings. The van der Waals surface area contributed by atoms with Gasteiger partial charge in [0.2, 0.25) is 0 Å². The van der Waals surface area contributed by atoms with E-state index in [1.54, 1.807) is 10.9 Å². The van der Waals surface area contributed by atoms with Crippen molar-refractivity contribution in [3.05, 3.63) is 11.9 Å². The van der Waals surface area contributed by atoms with E-state index < -0.39 is 18.2 Å². The van der Waals surface area contributed by atoms with Crippen molar-refractivity contribution in [3.8, 4) is 0 Å². The molecule has 8 heteroatoms. The van der Waals surface area contributed by atoms with Crippen molar-refractivity contribution >= 4 is 0 Å². The Balaban J connectivity index is 1.92. The number of aromatic nitrogens is 3. The number of nitrogens with one attached hydrogen (secondary N) is 1. The molecule has 0 aromatic carbocycles. The molecule has 0 amide bonds. The second-order valence-corrected chi connectivity index (χ2v) is 4.80. The molecule has 1 aromatic rings. The number of nitrogens with zero attached hydrogens (tertiary/aromatic N) is 3. The zero-order valence-corrected chi connectivity index (χ0v) is 10.6. The Bertz CT molecular complexity index is 400. The van der Waals surface area contributed by atoms with Crippen LogP contribution < -0.4 is 5.32 Å². The van der Waals surface area contributed by atoms with Gasteiger partial charge in [0.15, 0.2) is 0 Å². The lowest BCUT2D eigenvalue weighted by Crippen LogP contribution is -2.38. The molecule has 108 valence electrons. The minimum absolute atomic E-state index is 0.111. The summed E-state index contributed by atoms with van der Waals surface area (Å²) in [6.07, 6.45) is 1.12. The van der Waals surface area contributed by atoms with Crippen LogP contribution in [0.2, 0.25) is 0 Å². The van der Waals surface area contributed by atoms with Gasteiger partial charge in [-0.2, -0.15) is 0 Å². The zero-order chi connectivity index (χ0) is 13.8. The number of hydrogen-bond donors (Lipinski definition) is 5. The summed E-state index contributed by atoms with van der Waals surface area (Å²) in [5.74, 6) is 0. The molecule has 1 saturated heterocycles. The summed E-state index contributed by atoms with van der Waals surface area (Å²) in [4.78, 5) is 0. The van der Waals surface area contributed by atoms with Gasteiger partial charge in [-0.15, -0.1) is 5.10 Å². The third-order valence-electron chi connectivity index (χ3n) is 3.36. The minimum Gasteiger partial charge on any atom is -0.396 e. The molecule has 4 atom stereocenters. The third kappa shape index (κ3) is 3.28. The second kappa shape index (κ2) is 6.40. The molecule has 1 fully saturated rings. The summed E-state index contributed by atoms with van der Waals surface area (Å²) in [5, 5.41) is 48.2. The minimum atomic E-state index is -0.979. The van der Waals surface area contributed by atoms with Crippen LogP contribution >= 0.6 is 0 Å². The van der Waals surface area contributed by atoms with Gasteiger partial charge in [-0.1, -0.05) is 5.21 Å². The molecule has 19 heavy (non-hydrogen) atoms. The fourth-order valence-electron chi connectivity index (χ4n) is 2.27. The molecule has 0 unspecified atom stereocenters. The standard InChI is InChI=1S/C11H20N4O4/c16-3-1-2-7-4-15(14-13-7)5-8-10(18)11(19)9(6-17)12-8/h4,8-12,16-19H,1-3,5-6H2/t8-,9-,10-,11-/m1/s1. The van der Waals surface area contributed by atoms with Gasteiger partial charge in [0.25, 0.3) is 0 Å². The van der Waals surface area contributed by atoms with E-state index in [1.807, 2.05) is 0 Å². The molecule has 0 aliphatic carbocycles. The summed E-state index contributed by atoms with van der Waals surface area (Å²) in [6, 6.07) is -0.892. The number of aliphatic hydroxyl groups excluding tert-OH is 4. The fourth-order valence-corrected chi connectivity index (χ4v) is 2.27. The van der Waals surface area contributed by atoms with Crippen LogP contribution in [0.4, 0.5) is 0 Å². The second-order valence-electron chi connectivity index (χ2n) is 4.80. The average molecular weight is 272 g/mol. The maximum absolute atomic E-state index is 9.85. The van der Waals surface area contributed by atoms with Crippen LogP contribution in [0.15, 0.2) is 6.20 Å². The van der Waals surface area contributed by atoms with Crippen LogP contribution in [-0.2, 0) is 13.0 Å². The fraction of sp³-hybridized carbons (Fsp3) is 0.818. The smallest absolute Gasteiger partial charge is 0.0990 e. The van der Waals surface area contributed by atoms with Crippen molar-refractivity contribution in [2.75, 3.05) is 13.2 Å². The molecule has 0 spiro atoms. The predicted octanol–water partition coefficient (Wildman–Crippen LogP) is -2.74. The van der Waals surface area contributed by atoms with E-state index in [9.17, 15) is 10.2 Å². The Labute approximate surface area is 110 Å². The molecule has 8 nitrogen and oxygen atoms in total. The van der Waals surface area contributed by atoms with E-state index in [2.05, 4.69) is 15.6 Å². The van der Waals surface area contributed by atoms with Gasteiger partial charge < -0.3 is 25.7 Å². The third-order valence-corrected chi connectivity index (χ3v) is 3.36. The highest BCUT2D eigenvalue weighted by Gasteiger charge is 2.40. The molecule has 0 radical (unpaired) electrons. The maximum atomic E-state index is 9.85. The Morgan fingerprint density at radius 3 is 2.58 bits per heavy atom. The first kappa shape index (κ1) is 14.4. The highest BCUT2D eigenvalue weighted by Crippen LogP contribution is 2.15. The maximum Gasteiger partial charge on any atom is 0.0990 e. The average Bonchev–Trinajstić information content (AvgIpc) is 2.96. The molecular formula is C11H20N4O4. The van der Waals surface area contributed by atoms with Crippen molar-refractivity contribution in [2.45, 2.75) is 43.7 Å². The van der Waals surface area contributed by atoms with Gasteiger partial charge in [-0.25, -0.2) is 0 Å². The molecular weight excluding hydrogens is 252 g/mol. The van der Waals surface area contributed by atoms with Crippen LogP contribution in [0.5, 0.6) is 0 Å². The van der Waals surface area contributed by atoms with Crippen molar-refractivity contribution in [1.29, 1.82) is 0 Å². The zero-order valence-electron chi connectivity index (χ0n) is 10.6. The molecule has 1 aliphatic heterocycles. The lowest BCUT2D eigenvalue weighted by molar-refractivity contribution is 0.0175. The summed E-state index contributed by atoms with van der Waals surface area (Å²) in [7, 11) is 0. The van der Waals surface area contributed by atoms with E-state index in [0.717, 1.165) is 5.69 Å². The quantitative estimate of drug-likeness (QED) is 0.380. The topological polar surface area (TPSA) is 124 Å². The first-order valence-electron chi connectivity index (χ1n) is 6.38. The Morgan fingerprint density at radius 2 is 1.95 bits per heavy atom. The molecule has 0 saturated carbocycles. The number of rotatable bonds is 6. The van der Waals surface area contributed by atoms with E-state index in [-0.39, 0.29) is 19.3 Å². The number of hydrogen-bond acceptors (Lipinski definition) is 7. The molecule has 5 N–H and O–H groups in total.